The van der Waals surface area contributed by atoms with Crippen LogP contribution < -0.4 is 10.1 Å². The SMILES string of the molecule is COc1ccc(Br)cc1C(=O)Nc1ccc(-c2nc3ccccc3s2)cc1C. The highest BCUT2D eigenvalue weighted by atomic mass is 79.9. The molecule has 0 fully saturated rings. The van der Waals surface area contributed by atoms with Crippen LogP contribution in [0.1, 0.15) is 15.9 Å². The van der Waals surface area contributed by atoms with E-state index in [1.54, 1.807) is 30.6 Å². The number of benzene rings is 3. The normalized spacial score (nSPS) is 10.8. The van der Waals surface area contributed by atoms with Gasteiger partial charge in [0.1, 0.15) is 10.8 Å². The number of methoxy groups -OCH3 is 1. The number of aromatic nitrogens is 1. The second-order valence-corrected chi connectivity index (χ2v) is 8.26. The predicted octanol–water partition coefficient (Wildman–Crippen LogP) is 6.30. The Bertz CT molecular complexity index is 1150. The van der Waals surface area contributed by atoms with E-state index in [4.69, 9.17) is 9.72 Å². The lowest BCUT2D eigenvalue weighted by atomic mass is 10.1. The van der Waals surface area contributed by atoms with E-state index in [0.29, 0.717) is 11.3 Å². The minimum absolute atomic E-state index is 0.214. The Labute approximate surface area is 175 Å². The summed E-state index contributed by atoms with van der Waals surface area (Å²) in [6.45, 7) is 1.98. The summed E-state index contributed by atoms with van der Waals surface area (Å²) in [5.74, 6) is 0.318. The average molecular weight is 453 g/mol. The lowest BCUT2D eigenvalue weighted by molar-refractivity contribution is 0.102. The van der Waals surface area contributed by atoms with Crippen LogP contribution in [0.25, 0.3) is 20.8 Å². The van der Waals surface area contributed by atoms with Crippen molar-refractivity contribution in [1.82, 2.24) is 4.98 Å². The molecule has 0 aliphatic heterocycles. The molecule has 1 amide bonds. The molecule has 0 atom stereocenters. The highest BCUT2D eigenvalue weighted by Crippen LogP contribution is 2.32. The molecule has 1 aromatic heterocycles. The first-order chi connectivity index (χ1) is 13.5. The van der Waals surface area contributed by atoms with Crippen LogP contribution in [0, 0.1) is 6.92 Å². The van der Waals surface area contributed by atoms with Crippen molar-refractivity contribution in [3.63, 3.8) is 0 Å². The van der Waals surface area contributed by atoms with Gasteiger partial charge in [0.05, 0.1) is 22.9 Å². The summed E-state index contributed by atoms with van der Waals surface area (Å²) in [6, 6.07) is 19.4. The second kappa shape index (κ2) is 7.73. The zero-order valence-corrected chi connectivity index (χ0v) is 17.7. The summed E-state index contributed by atoms with van der Waals surface area (Å²) < 4.78 is 7.29. The van der Waals surface area contributed by atoms with Gasteiger partial charge in [-0.1, -0.05) is 28.1 Å². The van der Waals surface area contributed by atoms with Crippen LogP contribution in [0.5, 0.6) is 5.75 Å². The van der Waals surface area contributed by atoms with Crippen molar-refractivity contribution in [2.24, 2.45) is 0 Å². The Kier molecular flexibility index (Phi) is 5.15. The Hall–Kier alpha value is -2.70. The van der Waals surface area contributed by atoms with Crippen molar-refractivity contribution in [3.05, 3.63) is 76.3 Å². The number of amides is 1. The quantitative estimate of drug-likeness (QED) is 0.395. The minimum Gasteiger partial charge on any atom is -0.496 e. The maximum atomic E-state index is 12.7. The van der Waals surface area contributed by atoms with E-state index in [-0.39, 0.29) is 5.91 Å². The molecule has 28 heavy (non-hydrogen) atoms. The van der Waals surface area contributed by atoms with E-state index in [1.165, 1.54) is 0 Å². The molecule has 0 unspecified atom stereocenters. The number of nitrogens with one attached hydrogen (secondary N) is 1. The van der Waals surface area contributed by atoms with Gasteiger partial charge in [-0.05, 0) is 61.0 Å². The molecule has 4 aromatic rings. The number of para-hydroxylation sites is 1. The highest BCUT2D eigenvalue weighted by Gasteiger charge is 2.15. The molecule has 4 nitrogen and oxygen atoms in total. The molecule has 3 aromatic carbocycles. The van der Waals surface area contributed by atoms with Crippen LogP contribution in [0.4, 0.5) is 5.69 Å². The van der Waals surface area contributed by atoms with Crippen molar-refractivity contribution in [1.29, 1.82) is 0 Å². The lowest BCUT2D eigenvalue weighted by Crippen LogP contribution is -2.14. The largest absolute Gasteiger partial charge is 0.496 e. The third kappa shape index (κ3) is 3.66. The third-order valence-corrected chi connectivity index (χ3v) is 6.00. The highest BCUT2D eigenvalue weighted by molar-refractivity contribution is 9.10. The van der Waals surface area contributed by atoms with E-state index < -0.39 is 0 Å². The van der Waals surface area contributed by atoms with E-state index in [1.807, 2.05) is 49.4 Å². The summed E-state index contributed by atoms with van der Waals surface area (Å²) >= 11 is 5.06. The second-order valence-electron chi connectivity index (χ2n) is 6.32. The molecular formula is C22H17BrN2O2S. The lowest BCUT2D eigenvalue weighted by Gasteiger charge is -2.12. The number of halogens is 1. The molecule has 1 N–H and O–H groups in total. The zero-order chi connectivity index (χ0) is 19.7. The fraction of sp³-hybridized carbons (Fsp3) is 0.0909. The van der Waals surface area contributed by atoms with Gasteiger partial charge in [0.2, 0.25) is 0 Å². The fourth-order valence-corrected chi connectivity index (χ4v) is 4.30. The van der Waals surface area contributed by atoms with Crippen molar-refractivity contribution in [3.8, 4) is 16.3 Å². The fourth-order valence-electron chi connectivity index (χ4n) is 2.98. The number of rotatable bonds is 4. The van der Waals surface area contributed by atoms with Crippen LogP contribution in [0.15, 0.2) is 65.1 Å². The summed E-state index contributed by atoms with van der Waals surface area (Å²) in [4.78, 5) is 17.5. The molecule has 0 saturated heterocycles. The van der Waals surface area contributed by atoms with Gasteiger partial charge >= 0.3 is 0 Å². The standard InChI is InChI=1S/C22H17BrN2O2S/c1-13-11-14(22-25-18-5-3-4-6-20(18)28-22)7-9-17(13)24-21(26)16-12-15(23)8-10-19(16)27-2/h3-12H,1-2H3,(H,24,26). The van der Waals surface area contributed by atoms with Gasteiger partial charge < -0.3 is 10.1 Å². The number of nitrogens with zero attached hydrogens (tertiary/aromatic N) is 1. The Morgan fingerprint density at radius 1 is 1.11 bits per heavy atom. The molecule has 1 heterocycles. The smallest absolute Gasteiger partial charge is 0.259 e. The van der Waals surface area contributed by atoms with Gasteiger partial charge in [0.15, 0.2) is 0 Å². The molecule has 6 heteroatoms. The number of hydrogen-bond acceptors (Lipinski definition) is 4. The number of thiazole rings is 1. The van der Waals surface area contributed by atoms with Crippen molar-refractivity contribution < 1.29 is 9.53 Å². The number of ether oxygens (including phenoxy) is 1. The van der Waals surface area contributed by atoms with Crippen LogP contribution in [0.3, 0.4) is 0 Å². The average Bonchev–Trinajstić information content (AvgIpc) is 3.13. The molecule has 0 aliphatic rings. The summed E-state index contributed by atoms with van der Waals surface area (Å²) in [6.07, 6.45) is 0. The minimum atomic E-state index is -0.214. The first-order valence-electron chi connectivity index (χ1n) is 8.66. The number of anilines is 1. The van der Waals surface area contributed by atoms with Crippen molar-refractivity contribution in [2.45, 2.75) is 6.92 Å². The first kappa shape index (κ1) is 18.7. The number of hydrogen-bond donors (Lipinski definition) is 1. The van der Waals surface area contributed by atoms with E-state index in [9.17, 15) is 4.79 Å². The number of carbonyl (C=O) groups is 1. The molecule has 0 spiro atoms. The van der Waals surface area contributed by atoms with E-state index in [0.717, 1.165) is 36.5 Å². The van der Waals surface area contributed by atoms with Gasteiger partial charge in [0.25, 0.3) is 5.91 Å². The van der Waals surface area contributed by atoms with Gasteiger partial charge in [-0.3, -0.25) is 4.79 Å². The topological polar surface area (TPSA) is 51.2 Å². The zero-order valence-electron chi connectivity index (χ0n) is 15.3. The Morgan fingerprint density at radius 3 is 2.68 bits per heavy atom. The van der Waals surface area contributed by atoms with Gasteiger partial charge in [-0.25, -0.2) is 4.98 Å². The first-order valence-corrected chi connectivity index (χ1v) is 10.3. The van der Waals surface area contributed by atoms with Gasteiger partial charge in [-0.2, -0.15) is 0 Å². The van der Waals surface area contributed by atoms with E-state index in [2.05, 4.69) is 27.3 Å². The monoisotopic (exact) mass is 452 g/mol. The van der Waals surface area contributed by atoms with Gasteiger partial charge in [0, 0.05) is 15.7 Å². The molecule has 4 rings (SSSR count). The summed E-state index contributed by atoms with van der Waals surface area (Å²) in [5, 5.41) is 3.95. The van der Waals surface area contributed by atoms with Gasteiger partial charge in [-0.15, -0.1) is 11.3 Å². The molecule has 140 valence electrons. The van der Waals surface area contributed by atoms with Crippen LogP contribution in [0.2, 0.25) is 0 Å². The van der Waals surface area contributed by atoms with Crippen molar-refractivity contribution in [2.75, 3.05) is 12.4 Å². The number of aryl methyl sites for hydroxylation is 1. The summed E-state index contributed by atoms with van der Waals surface area (Å²) in [7, 11) is 1.55. The molecular weight excluding hydrogens is 436 g/mol. The molecule has 0 aliphatic carbocycles. The Morgan fingerprint density at radius 2 is 1.93 bits per heavy atom. The van der Waals surface area contributed by atoms with Crippen LogP contribution in [-0.2, 0) is 0 Å². The molecule has 0 bridgehead atoms. The number of fused-ring (bicyclic) bond motifs is 1. The van der Waals surface area contributed by atoms with Crippen molar-refractivity contribution >= 4 is 49.1 Å². The maximum Gasteiger partial charge on any atom is 0.259 e. The molecule has 0 radical (unpaired) electrons. The number of carbonyl (C=O) groups excluding carboxylic acids is 1. The Balaban J connectivity index is 1.61. The molecule has 0 saturated carbocycles. The van der Waals surface area contributed by atoms with Crippen LogP contribution >= 0.6 is 27.3 Å². The van der Waals surface area contributed by atoms with Crippen LogP contribution in [-0.4, -0.2) is 18.0 Å². The third-order valence-electron chi connectivity index (χ3n) is 4.42. The maximum absolute atomic E-state index is 12.7. The van der Waals surface area contributed by atoms with E-state index >= 15 is 0 Å². The predicted molar refractivity (Wildman–Crippen MR) is 118 cm³/mol. The summed E-state index contributed by atoms with van der Waals surface area (Å²) in [5.41, 5.74) is 4.25.